The minimum Gasteiger partial charge on any atom is -0.604 e. The van der Waals surface area contributed by atoms with Gasteiger partial charge in [-0.3, -0.25) is 0 Å². The number of thioether (sulfide) groups is 2. The molecular formula is C54H62ClF4N7OS4. The molecule has 0 spiro atoms. The van der Waals surface area contributed by atoms with Gasteiger partial charge in [-0.1, -0.05) is 41.9 Å². The third kappa shape index (κ3) is 13.4. The number of benzene rings is 5. The van der Waals surface area contributed by atoms with E-state index < -0.39 is 16.7 Å². The number of piperidine rings is 1. The molecule has 2 unspecified atom stereocenters. The smallest absolute Gasteiger partial charge is 0.578 e. The van der Waals surface area contributed by atoms with Crippen molar-refractivity contribution >= 4 is 81.0 Å². The normalized spacial score (nSPS) is 15.9. The van der Waals surface area contributed by atoms with E-state index in [2.05, 4.69) is 67.7 Å². The molecule has 378 valence electrons. The van der Waals surface area contributed by atoms with E-state index in [9.17, 15) is 17.7 Å². The lowest BCUT2D eigenvalue weighted by Gasteiger charge is -2.37. The lowest BCUT2D eigenvalue weighted by atomic mass is 9.99. The molecule has 2 aliphatic rings. The molecule has 2 fully saturated rings. The Morgan fingerprint density at radius 3 is 2.11 bits per heavy atom. The number of piperazine rings is 1. The predicted octanol–water partition coefficient (Wildman–Crippen LogP) is 13.9. The fourth-order valence-corrected chi connectivity index (χ4v) is 13.1. The summed E-state index contributed by atoms with van der Waals surface area (Å²) in [5, 5.41) is 7.43. The monoisotopic (exact) mass is 1060 g/mol. The van der Waals surface area contributed by atoms with Gasteiger partial charge in [0.1, 0.15) is 17.0 Å². The molecule has 3 heterocycles. The number of aromatic nitrogens is 1. The molecule has 0 radical (unpaired) electrons. The van der Waals surface area contributed by atoms with Crippen LogP contribution >= 0.6 is 47.1 Å². The van der Waals surface area contributed by atoms with Crippen LogP contribution in [0.2, 0.25) is 5.02 Å². The first-order valence-corrected chi connectivity index (χ1v) is 28.6. The van der Waals surface area contributed by atoms with Crippen LogP contribution in [0.1, 0.15) is 44.8 Å². The number of anilines is 4. The minimum atomic E-state index is -4.93. The van der Waals surface area contributed by atoms with Gasteiger partial charge in [-0.15, -0.1) is 36.7 Å². The first kappa shape index (κ1) is 53.2. The van der Waals surface area contributed by atoms with Crippen molar-refractivity contribution in [3.05, 3.63) is 132 Å². The number of hydrogen-bond acceptors (Lipinski definition) is 10. The summed E-state index contributed by atoms with van der Waals surface area (Å²) in [6.07, 6.45) is 4.90. The molecular weight excluding hydrogens is 1000 g/mol. The van der Waals surface area contributed by atoms with Crippen LogP contribution in [-0.4, -0.2) is 96.5 Å². The highest BCUT2D eigenvalue weighted by molar-refractivity contribution is 8.00. The Kier molecular flexibility index (Phi) is 18.2. The zero-order valence-corrected chi connectivity index (χ0v) is 44.7. The molecule has 2 atom stereocenters. The highest BCUT2D eigenvalue weighted by Gasteiger charge is 2.47. The van der Waals surface area contributed by atoms with E-state index in [0.717, 1.165) is 107 Å². The molecule has 5 aromatic carbocycles. The van der Waals surface area contributed by atoms with Crippen LogP contribution in [0.15, 0.2) is 135 Å². The number of hydrogen-bond donors (Lipinski definition) is 3. The van der Waals surface area contributed by atoms with Crippen LogP contribution in [0, 0.1) is 12.7 Å². The molecule has 2 saturated heterocycles. The average Bonchev–Trinajstić information content (AvgIpc) is 3.68. The van der Waals surface area contributed by atoms with Crippen molar-refractivity contribution in [2.75, 3.05) is 84.7 Å². The molecule has 0 bridgehead atoms. The molecule has 8 rings (SSSR count). The Morgan fingerprint density at radius 1 is 0.803 bits per heavy atom. The van der Waals surface area contributed by atoms with Crippen molar-refractivity contribution in [2.24, 2.45) is 0 Å². The number of nitrogens with zero attached hydrogens (tertiary/aromatic N) is 4. The van der Waals surface area contributed by atoms with Gasteiger partial charge in [0, 0.05) is 111 Å². The van der Waals surface area contributed by atoms with E-state index in [1.54, 1.807) is 47.8 Å². The Hall–Kier alpha value is -4.13. The van der Waals surface area contributed by atoms with Gasteiger partial charge in [-0.05, 0) is 168 Å². The SMILES string of the molecule is CNC1CCN(CCC(CSc2ccccc2)Nc2ccc(SNc3ccc(N4CCN(c5cc(F)cc(-c6c(SC)c(C)n(C(C)C)c6-c6ccc(Cl)cc6)c5)CC4)cc3)cc2[S+]([O-])C(F)(F)F)CC1. The fraction of sp³-hybridized carbons (Fsp3) is 0.370. The Bertz CT molecular complexity index is 2680. The quantitative estimate of drug-likeness (QED) is 0.0316. The first-order valence-electron chi connectivity index (χ1n) is 24.0. The maximum Gasteiger partial charge on any atom is 0.578 e. The maximum absolute atomic E-state index is 15.7. The van der Waals surface area contributed by atoms with Gasteiger partial charge in [0.15, 0.2) is 4.90 Å². The van der Waals surface area contributed by atoms with E-state index >= 15 is 4.39 Å². The van der Waals surface area contributed by atoms with Crippen LogP contribution < -0.4 is 25.2 Å². The van der Waals surface area contributed by atoms with Gasteiger partial charge in [0.05, 0.1) is 11.4 Å². The molecule has 0 aliphatic carbocycles. The summed E-state index contributed by atoms with van der Waals surface area (Å²) in [4.78, 5) is 9.37. The van der Waals surface area contributed by atoms with E-state index in [1.807, 2.05) is 85.9 Å². The maximum atomic E-state index is 15.7. The molecule has 0 amide bonds. The molecule has 3 N–H and O–H groups in total. The molecule has 1 aromatic heterocycles. The minimum absolute atomic E-state index is 0.167. The van der Waals surface area contributed by atoms with Gasteiger partial charge in [0.25, 0.3) is 0 Å². The van der Waals surface area contributed by atoms with E-state index in [1.165, 1.54) is 18.0 Å². The number of rotatable bonds is 19. The zero-order valence-electron chi connectivity index (χ0n) is 40.7. The lowest BCUT2D eigenvalue weighted by Crippen LogP contribution is -2.46. The van der Waals surface area contributed by atoms with Crippen molar-refractivity contribution in [1.29, 1.82) is 0 Å². The molecule has 17 heteroatoms. The Balaban J connectivity index is 0.921. The van der Waals surface area contributed by atoms with Crippen LogP contribution in [0.5, 0.6) is 0 Å². The third-order valence-electron chi connectivity index (χ3n) is 13.3. The highest BCUT2D eigenvalue weighted by Crippen LogP contribution is 2.46. The first-order chi connectivity index (χ1) is 34.2. The summed E-state index contributed by atoms with van der Waals surface area (Å²) < 4.78 is 77.0. The van der Waals surface area contributed by atoms with Crippen molar-refractivity contribution < 1.29 is 22.1 Å². The van der Waals surface area contributed by atoms with Gasteiger partial charge in [-0.2, -0.15) is 0 Å². The van der Waals surface area contributed by atoms with Crippen LogP contribution in [0.25, 0.3) is 22.4 Å². The van der Waals surface area contributed by atoms with Gasteiger partial charge in [-0.25, -0.2) is 4.39 Å². The molecule has 2 aliphatic heterocycles. The summed E-state index contributed by atoms with van der Waals surface area (Å²) in [5.74, 6) is 0.347. The van der Waals surface area contributed by atoms with E-state index in [-0.39, 0.29) is 28.5 Å². The molecule has 0 saturated carbocycles. The standard InChI is InChI=1S/C54H62ClF4N7OS4/c1-36(2)66-37(3)53(68-5)51(52(66)38-11-13-40(55)14-12-38)39-31-41(56)33-46(32-39)65-29-27-64(28-30-65)45-17-15-43(16-18-45)62-70-48-19-20-49(50(34-48)71(67)54(57,58)59)61-44(35-69-47-9-7-6-8-10-47)23-26-63-24-21-42(60-4)22-25-63/h6-20,31-34,36,42,44,60-62H,21-30,35H2,1-5H3. The van der Waals surface area contributed by atoms with Crippen molar-refractivity contribution in [3.8, 4) is 22.4 Å². The van der Waals surface area contributed by atoms with Gasteiger partial charge < -0.3 is 39.2 Å². The largest absolute Gasteiger partial charge is 0.604 e. The summed E-state index contributed by atoms with van der Waals surface area (Å²) in [7, 11) is 1.99. The van der Waals surface area contributed by atoms with E-state index in [0.29, 0.717) is 34.8 Å². The molecule has 6 aromatic rings. The van der Waals surface area contributed by atoms with E-state index in [4.69, 9.17) is 11.6 Å². The van der Waals surface area contributed by atoms with Crippen LogP contribution in [-0.2, 0) is 11.2 Å². The lowest BCUT2D eigenvalue weighted by molar-refractivity contribution is -0.0435. The van der Waals surface area contributed by atoms with Crippen LogP contribution in [0.4, 0.5) is 40.3 Å². The number of halogens is 5. The topological polar surface area (TPSA) is 73.8 Å². The number of likely N-dealkylation sites (tertiary alicyclic amines) is 1. The second-order valence-corrected chi connectivity index (χ2v) is 22.9. The van der Waals surface area contributed by atoms with Crippen molar-refractivity contribution in [1.82, 2.24) is 14.8 Å². The second kappa shape index (κ2) is 24.3. The number of nitrogens with one attached hydrogen (secondary N) is 3. The summed E-state index contributed by atoms with van der Waals surface area (Å²) in [6.45, 7) is 12.1. The summed E-state index contributed by atoms with van der Waals surface area (Å²) in [5.41, 5.74) is 3.00. The Labute approximate surface area is 437 Å². The van der Waals surface area contributed by atoms with Crippen molar-refractivity contribution in [3.63, 3.8) is 0 Å². The highest BCUT2D eigenvalue weighted by atomic mass is 35.5. The van der Waals surface area contributed by atoms with Crippen LogP contribution in [0.3, 0.4) is 0 Å². The zero-order chi connectivity index (χ0) is 50.2. The second-order valence-electron chi connectivity index (χ2n) is 18.3. The number of alkyl halides is 3. The van der Waals surface area contributed by atoms with Crippen molar-refractivity contribution in [2.45, 2.75) is 83.2 Å². The fourth-order valence-electron chi connectivity index (χ4n) is 9.60. The van der Waals surface area contributed by atoms with Gasteiger partial charge in [0.2, 0.25) is 0 Å². The third-order valence-corrected chi connectivity index (χ3v) is 17.6. The molecule has 71 heavy (non-hydrogen) atoms. The summed E-state index contributed by atoms with van der Waals surface area (Å²) >= 11 is 7.57. The predicted molar refractivity (Wildman–Crippen MR) is 294 cm³/mol. The van der Waals surface area contributed by atoms with Gasteiger partial charge >= 0.3 is 5.51 Å². The molecule has 8 nitrogen and oxygen atoms in total. The summed E-state index contributed by atoms with van der Waals surface area (Å²) in [6, 6.07) is 36.4. The Morgan fingerprint density at radius 2 is 1.48 bits per heavy atom. The average molecular weight is 1060 g/mol.